The number of hydrogen-bond donors (Lipinski definition) is 0. The van der Waals surface area contributed by atoms with Crippen LogP contribution in [-0.2, 0) is 22.7 Å². The Morgan fingerprint density at radius 1 is 0.750 bits per heavy atom. The Morgan fingerprint density at radius 2 is 1.25 bits per heavy atom. The van der Waals surface area contributed by atoms with Crippen molar-refractivity contribution in [2.24, 2.45) is 0 Å². The largest absolute Gasteiger partial charge is 0.363 e. The molecule has 0 aromatic heterocycles. The van der Waals surface area contributed by atoms with E-state index in [1.54, 1.807) is 13.0 Å². The topological polar surface area (TPSA) is 37.4 Å². The van der Waals surface area contributed by atoms with Gasteiger partial charge in [0.2, 0.25) is 11.6 Å². The van der Waals surface area contributed by atoms with Crippen LogP contribution in [-0.4, -0.2) is 16.5 Å². The quantitative estimate of drug-likeness (QED) is 0.624. The van der Waals surface area contributed by atoms with E-state index in [2.05, 4.69) is 29.2 Å². The molecule has 0 radical (unpaired) electrons. The Morgan fingerprint density at radius 3 is 1.71 bits per heavy atom. The van der Waals surface area contributed by atoms with Gasteiger partial charge in [-0.2, -0.15) is 0 Å². The van der Waals surface area contributed by atoms with E-state index in [0.29, 0.717) is 18.7 Å². The van der Waals surface area contributed by atoms with E-state index >= 15 is 0 Å². The van der Waals surface area contributed by atoms with Crippen molar-refractivity contribution in [2.45, 2.75) is 20.0 Å². The van der Waals surface area contributed by atoms with Crippen LogP contribution in [0.1, 0.15) is 18.1 Å². The number of allylic oxidation sites excluding steroid dienone is 3. The molecule has 1 aliphatic rings. The first-order valence-electron chi connectivity index (χ1n) is 7.95. The van der Waals surface area contributed by atoms with E-state index in [9.17, 15) is 9.59 Å². The number of benzene rings is 2. The third kappa shape index (κ3) is 3.69. The molecule has 0 fully saturated rings. The summed E-state index contributed by atoms with van der Waals surface area (Å²) in [6.45, 7) is 3.04. The van der Waals surface area contributed by atoms with Gasteiger partial charge >= 0.3 is 0 Å². The number of ketones is 2. The van der Waals surface area contributed by atoms with E-state index in [0.717, 1.165) is 16.8 Å². The van der Waals surface area contributed by atoms with E-state index in [4.69, 9.17) is 0 Å². The second kappa shape index (κ2) is 7.09. The lowest BCUT2D eigenvalue weighted by atomic mass is 10.0. The molecule has 2 aromatic rings. The van der Waals surface area contributed by atoms with Gasteiger partial charge in [-0.3, -0.25) is 9.59 Å². The molecule has 0 heterocycles. The zero-order chi connectivity index (χ0) is 16.9. The van der Waals surface area contributed by atoms with Crippen LogP contribution in [0.4, 0.5) is 0 Å². The van der Waals surface area contributed by atoms with Gasteiger partial charge in [0.25, 0.3) is 0 Å². The first-order chi connectivity index (χ1) is 11.6. The summed E-state index contributed by atoms with van der Waals surface area (Å²) in [6, 6.07) is 20.2. The predicted octanol–water partition coefficient (Wildman–Crippen LogP) is 3.67. The van der Waals surface area contributed by atoms with Gasteiger partial charge in [-0.05, 0) is 24.1 Å². The highest BCUT2D eigenvalue weighted by Gasteiger charge is 2.22. The van der Waals surface area contributed by atoms with Gasteiger partial charge in [-0.15, -0.1) is 0 Å². The minimum absolute atomic E-state index is 0.418. The standard InChI is InChI=1S/C21H19NO2/c1-16-12-19(13-20(23)21(16)24)22(14-17-8-4-2-5-9-17)15-18-10-6-3-7-11-18/h2-13H,14-15H2,1H3. The van der Waals surface area contributed by atoms with Crippen LogP contribution >= 0.6 is 0 Å². The fourth-order valence-corrected chi connectivity index (χ4v) is 2.75. The van der Waals surface area contributed by atoms with Crippen LogP contribution in [0.2, 0.25) is 0 Å². The lowest BCUT2D eigenvalue weighted by Crippen LogP contribution is -2.26. The van der Waals surface area contributed by atoms with Crippen molar-refractivity contribution in [3.05, 3.63) is 95.2 Å². The summed E-state index contributed by atoms with van der Waals surface area (Å²) >= 11 is 0. The third-order valence-corrected chi connectivity index (χ3v) is 4.02. The fraction of sp³-hybridized carbons (Fsp3) is 0.143. The third-order valence-electron chi connectivity index (χ3n) is 4.02. The minimum atomic E-state index is -0.448. The molecule has 0 bridgehead atoms. The van der Waals surface area contributed by atoms with Crippen molar-refractivity contribution in [1.82, 2.24) is 4.90 Å². The molecular weight excluding hydrogens is 298 g/mol. The van der Waals surface area contributed by atoms with Crippen LogP contribution in [0.15, 0.2) is 84.1 Å². The molecule has 0 saturated carbocycles. The average Bonchev–Trinajstić information content (AvgIpc) is 2.60. The molecule has 3 nitrogen and oxygen atoms in total. The maximum Gasteiger partial charge on any atom is 0.228 e. The minimum Gasteiger partial charge on any atom is -0.363 e. The van der Waals surface area contributed by atoms with Crippen molar-refractivity contribution in [1.29, 1.82) is 0 Å². The van der Waals surface area contributed by atoms with Gasteiger partial charge in [0.05, 0.1) is 0 Å². The molecule has 3 rings (SSSR count). The van der Waals surface area contributed by atoms with E-state index in [-0.39, 0.29) is 0 Å². The molecule has 0 amide bonds. The summed E-state index contributed by atoms with van der Waals surface area (Å²) in [4.78, 5) is 25.8. The zero-order valence-corrected chi connectivity index (χ0v) is 13.6. The van der Waals surface area contributed by atoms with Crippen molar-refractivity contribution >= 4 is 11.6 Å². The molecule has 0 aliphatic heterocycles. The Kier molecular flexibility index (Phi) is 4.71. The van der Waals surface area contributed by atoms with Crippen LogP contribution < -0.4 is 0 Å². The molecule has 0 spiro atoms. The number of hydrogen-bond acceptors (Lipinski definition) is 3. The van der Waals surface area contributed by atoms with Crippen LogP contribution in [0.5, 0.6) is 0 Å². The number of carbonyl (C=O) groups is 2. The Balaban J connectivity index is 1.91. The summed E-state index contributed by atoms with van der Waals surface area (Å²) in [5.41, 5.74) is 3.59. The fourth-order valence-electron chi connectivity index (χ4n) is 2.75. The summed E-state index contributed by atoms with van der Waals surface area (Å²) in [6.07, 6.45) is 3.25. The maximum atomic E-state index is 11.9. The van der Waals surface area contributed by atoms with Crippen molar-refractivity contribution in [3.8, 4) is 0 Å². The second-order valence-corrected chi connectivity index (χ2v) is 5.92. The smallest absolute Gasteiger partial charge is 0.228 e. The van der Waals surface area contributed by atoms with Crippen molar-refractivity contribution < 1.29 is 9.59 Å². The van der Waals surface area contributed by atoms with Crippen molar-refractivity contribution in [2.75, 3.05) is 0 Å². The number of rotatable bonds is 5. The molecule has 0 N–H and O–H groups in total. The highest BCUT2D eigenvalue weighted by molar-refractivity contribution is 6.48. The molecule has 3 heteroatoms. The van der Waals surface area contributed by atoms with Gasteiger partial charge in [-0.25, -0.2) is 0 Å². The Hall–Kier alpha value is -2.94. The number of Topliss-reactive ketones (excluding diaryl/α,β-unsaturated/α-hetero) is 1. The van der Waals surface area contributed by atoms with Gasteiger partial charge < -0.3 is 4.90 Å². The SMILES string of the molecule is CC1=CC(N(Cc2ccccc2)Cc2ccccc2)=CC(=O)C1=O. The summed E-state index contributed by atoms with van der Waals surface area (Å²) in [7, 11) is 0. The second-order valence-electron chi connectivity index (χ2n) is 5.92. The molecule has 2 aromatic carbocycles. The van der Waals surface area contributed by atoms with E-state index in [1.807, 2.05) is 36.4 Å². The van der Waals surface area contributed by atoms with Crippen molar-refractivity contribution in [3.63, 3.8) is 0 Å². The highest BCUT2D eigenvalue weighted by Crippen LogP contribution is 2.21. The normalized spacial score (nSPS) is 14.2. The monoisotopic (exact) mass is 317 g/mol. The zero-order valence-electron chi connectivity index (χ0n) is 13.6. The first kappa shape index (κ1) is 15.9. The predicted molar refractivity (Wildman–Crippen MR) is 94.0 cm³/mol. The van der Waals surface area contributed by atoms with Gasteiger partial charge in [0.15, 0.2) is 0 Å². The molecule has 0 saturated heterocycles. The number of carbonyl (C=O) groups excluding carboxylic acids is 2. The van der Waals surface area contributed by atoms with Crippen LogP contribution in [0, 0.1) is 0 Å². The van der Waals surface area contributed by atoms with E-state index < -0.39 is 11.6 Å². The molecule has 0 unspecified atom stereocenters. The van der Waals surface area contributed by atoms with Gasteiger partial charge in [0.1, 0.15) is 0 Å². The Labute approximate surface area is 141 Å². The maximum absolute atomic E-state index is 11.9. The average molecular weight is 317 g/mol. The molecule has 24 heavy (non-hydrogen) atoms. The molecule has 120 valence electrons. The molecule has 1 aliphatic carbocycles. The summed E-state index contributed by atoms with van der Waals surface area (Å²) in [5.74, 6) is -0.866. The lowest BCUT2D eigenvalue weighted by Gasteiger charge is -2.27. The lowest BCUT2D eigenvalue weighted by molar-refractivity contribution is -0.131. The van der Waals surface area contributed by atoms with Gasteiger partial charge in [0, 0.05) is 30.4 Å². The summed E-state index contributed by atoms with van der Waals surface area (Å²) < 4.78 is 0. The first-order valence-corrected chi connectivity index (χ1v) is 7.95. The number of nitrogens with zero attached hydrogens (tertiary/aromatic N) is 1. The summed E-state index contributed by atoms with van der Waals surface area (Å²) in [5, 5.41) is 0. The van der Waals surface area contributed by atoms with Gasteiger partial charge in [-0.1, -0.05) is 60.7 Å². The molecular formula is C21H19NO2. The molecule has 0 atom stereocenters. The Bertz CT molecular complexity index is 763. The van der Waals surface area contributed by atoms with Crippen LogP contribution in [0.25, 0.3) is 0 Å². The highest BCUT2D eigenvalue weighted by atomic mass is 16.2. The van der Waals surface area contributed by atoms with Crippen LogP contribution in [0.3, 0.4) is 0 Å². The van der Waals surface area contributed by atoms with E-state index in [1.165, 1.54) is 6.08 Å².